The molecular weight excluding hydrogens is 206 g/mol. The number of ether oxygens (including phenoxy) is 1. The largest absolute Gasteiger partial charge is 0.378 e. The Balaban J connectivity index is 2.08. The third-order valence-corrected chi connectivity index (χ3v) is 3.26. The van der Waals surface area contributed by atoms with Gasteiger partial charge in [-0.25, -0.2) is 4.98 Å². The van der Waals surface area contributed by atoms with Gasteiger partial charge >= 0.3 is 0 Å². The summed E-state index contributed by atoms with van der Waals surface area (Å²) in [6.45, 7) is 1.08. The molecule has 0 bridgehead atoms. The van der Waals surface area contributed by atoms with Gasteiger partial charge in [-0.1, -0.05) is 0 Å². The lowest BCUT2D eigenvalue weighted by Crippen LogP contribution is -2.40. The first-order chi connectivity index (χ1) is 7.77. The molecule has 0 spiro atoms. The zero-order valence-corrected chi connectivity index (χ0v) is 9.01. The Morgan fingerprint density at radius 1 is 1.56 bits per heavy atom. The lowest BCUT2D eigenvalue weighted by molar-refractivity contribution is -0.120. The molecule has 1 N–H and O–H groups in total. The maximum absolute atomic E-state index is 12.0. The van der Waals surface area contributed by atoms with Gasteiger partial charge in [-0.05, 0) is 12.1 Å². The highest BCUT2D eigenvalue weighted by Crippen LogP contribution is 2.32. The van der Waals surface area contributed by atoms with Crippen molar-refractivity contribution in [3.8, 4) is 0 Å². The monoisotopic (exact) mass is 219 g/mol. The molecule has 0 aliphatic carbocycles. The topological polar surface area (TPSA) is 54.5 Å². The van der Waals surface area contributed by atoms with E-state index in [0.717, 1.165) is 11.5 Å². The summed E-state index contributed by atoms with van der Waals surface area (Å²) >= 11 is 0. The van der Waals surface area contributed by atoms with Crippen molar-refractivity contribution in [3.63, 3.8) is 0 Å². The minimum Gasteiger partial charge on any atom is -0.378 e. The lowest BCUT2D eigenvalue weighted by atomic mass is 10.0. The number of likely N-dealkylation sites (N-methyl/N-ethyl adjacent to an activating group) is 1. The molecule has 5 nitrogen and oxygen atoms in total. The third-order valence-electron chi connectivity index (χ3n) is 3.26. The van der Waals surface area contributed by atoms with Crippen LogP contribution in [0.4, 0.5) is 11.5 Å². The Morgan fingerprint density at radius 3 is 3.31 bits per heavy atom. The number of carbonyl (C=O) groups excluding carboxylic acids is 1. The van der Waals surface area contributed by atoms with E-state index in [1.807, 2.05) is 24.1 Å². The number of nitrogens with one attached hydrogen (secondary N) is 1. The van der Waals surface area contributed by atoms with E-state index in [2.05, 4.69) is 10.3 Å². The summed E-state index contributed by atoms with van der Waals surface area (Å²) < 4.78 is 5.37. The number of carbonyl (C=O) groups is 1. The van der Waals surface area contributed by atoms with Gasteiger partial charge in [-0.15, -0.1) is 0 Å². The van der Waals surface area contributed by atoms with Crippen LogP contribution in [0, 0.1) is 5.92 Å². The minimum atomic E-state index is -0.0980. The summed E-state index contributed by atoms with van der Waals surface area (Å²) in [6, 6.07) is 3.79. The van der Waals surface area contributed by atoms with Crippen molar-refractivity contribution in [3.05, 3.63) is 18.3 Å². The molecule has 1 amide bonds. The van der Waals surface area contributed by atoms with E-state index in [4.69, 9.17) is 4.74 Å². The fourth-order valence-corrected chi connectivity index (χ4v) is 2.33. The summed E-state index contributed by atoms with van der Waals surface area (Å²) in [5.74, 6) is 0.745. The van der Waals surface area contributed by atoms with Gasteiger partial charge in [0.15, 0.2) is 5.82 Å². The van der Waals surface area contributed by atoms with Crippen LogP contribution < -0.4 is 10.2 Å². The molecule has 0 aromatic carbocycles. The summed E-state index contributed by atoms with van der Waals surface area (Å²) in [6.07, 6.45) is 1.73. The van der Waals surface area contributed by atoms with Crippen LogP contribution in [-0.2, 0) is 9.53 Å². The highest BCUT2D eigenvalue weighted by molar-refractivity contribution is 5.97. The van der Waals surface area contributed by atoms with Gasteiger partial charge in [0.05, 0.1) is 30.9 Å². The molecule has 16 heavy (non-hydrogen) atoms. The van der Waals surface area contributed by atoms with Crippen molar-refractivity contribution >= 4 is 17.4 Å². The molecule has 5 heteroatoms. The lowest BCUT2D eigenvalue weighted by Gasteiger charge is -2.25. The Bertz CT molecular complexity index is 435. The number of hydrogen-bond donors (Lipinski definition) is 1. The van der Waals surface area contributed by atoms with Crippen molar-refractivity contribution in [1.82, 2.24) is 4.98 Å². The maximum atomic E-state index is 12.0. The number of pyridine rings is 1. The van der Waals surface area contributed by atoms with E-state index in [0.29, 0.717) is 13.2 Å². The molecule has 1 aromatic rings. The third kappa shape index (κ3) is 1.28. The molecule has 1 aromatic heterocycles. The summed E-state index contributed by atoms with van der Waals surface area (Å²) in [7, 11) is 1.96. The number of nitrogens with zero attached hydrogens (tertiary/aromatic N) is 2. The molecule has 2 unspecified atom stereocenters. The zero-order chi connectivity index (χ0) is 11.1. The van der Waals surface area contributed by atoms with Gasteiger partial charge in [0.2, 0.25) is 5.91 Å². The van der Waals surface area contributed by atoms with Crippen LogP contribution in [0.25, 0.3) is 0 Å². The number of amides is 1. The van der Waals surface area contributed by atoms with Crippen molar-refractivity contribution in [1.29, 1.82) is 0 Å². The van der Waals surface area contributed by atoms with Gasteiger partial charge in [0.1, 0.15) is 0 Å². The SMILES string of the molecule is CN1c2ncccc2NC(=O)C2COCC21. The fourth-order valence-electron chi connectivity index (χ4n) is 2.33. The zero-order valence-electron chi connectivity index (χ0n) is 9.01. The summed E-state index contributed by atoms with van der Waals surface area (Å²) in [5.41, 5.74) is 0.782. The molecule has 3 rings (SSSR count). The Labute approximate surface area is 93.4 Å². The van der Waals surface area contributed by atoms with Gasteiger partial charge in [-0.2, -0.15) is 0 Å². The number of hydrogen-bond acceptors (Lipinski definition) is 4. The second-order valence-electron chi connectivity index (χ2n) is 4.19. The summed E-state index contributed by atoms with van der Waals surface area (Å²) in [4.78, 5) is 18.3. The predicted octanol–water partition coefficient (Wildman–Crippen LogP) is 0.485. The average molecular weight is 219 g/mol. The van der Waals surface area contributed by atoms with Gasteiger partial charge in [0, 0.05) is 13.2 Å². The van der Waals surface area contributed by atoms with Gasteiger partial charge in [0.25, 0.3) is 0 Å². The highest BCUT2D eigenvalue weighted by atomic mass is 16.5. The van der Waals surface area contributed by atoms with Crippen LogP contribution in [0.15, 0.2) is 18.3 Å². The van der Waals surface area contributed by atoms with E-state index in [-0.39, 0.29) is 17.9 Å². The first-order valence-electron chi connectivity index (χ1n) is 5.34. The normalized spacial score (nSPS) is 28.1. The van der Waals surface area contributed by atoms with E-state index >= 15 is 0 Å². The Hall–Kier alpha value is -1.62. The van der Waals surface area contributed by atoms with Crippen LogP contribution in [0.1, 0.15) is 0 Å². The van der Waals surface area contributed by atoms with E-state index < -0.39 is 0 Å². The number of fused-ring (bicyclic) bond motifs is 2. The van der Waals surface area contributed by atoms with Crippen LogP contribution in [0.3, 0.4) is 0 Å². The molecule has 1 saturated heterocycles. The van der Waals surface area contributed by atoms with Crippen LogP contribution in [-0.4, -0.2) is 37.2 Å². The van der Waals surface area contributed by atoms with Crippen molar-refractivity contribution < 1.29 is 9.53 Å². The highest BCUT2D eigenvalue weighted by Gasteiger charge is 2.40. The first-order valence-corrected chi connectivity index (χ1v) is 5.34. The van der Waals surface area contributed by atoms with Crippen LogP contribution in [0.2, 0.25) is 0 Å². The van der Waals surface area contributed by atoms with Crippen LogP contribution >= 0.6 is 0 Å². The van der Waals surface area contributed by atoms with Gasteiger partial charge < -0.3 is 15.0 Å². The number of rotatable bonds is 0. The molecule has 0 radical (unpaired) electrons. The van der Waals surface area contributed by atoms with E-state index in [1.54, 1.807) is 6.20 Å². The van der Waals surface area contributed by atoms with Crippen molar-refractivity contribution in [2.75, 3.05) is 30.5 Å². The molecular formula is C11H13N3O2. The molecule has 84 valence electrons. The quantitative estimate of drug-likeness (QED) is 0.689. The first kappa shape index (κ1) is 9.59. The second-order valence-corrected chi connectivity index (χ2v) is 4.19. The number of aromatic nitrogens is 1. The van der Waals surface area contributed by atoms with Crippen LogP contribution in [0.5, 0.6) is 0 Å². The molecule has 2 aliphatic rings. The molecule has 1 fully saturated rings. The Kier molecular flexibility index (Phi) is 2.07. The average Bonchev–Trinajstić information content (AvgIpc) is 2.74. The molecule has 2 atom stereocenters. The summed E-state index contributed by atoms with van der Waals surface area (Å²) in [5, 5.41) is 2.90. The minimum absolute atomic E-state index is 0.0288. The fraction of sp³-hybridized carbons (Fsp3) is 0.455. The van der Waals surface area contributed by atoms with Gasteiger partial charge in [-0.3, -0.25) is 4.79 Å². The molecule has 2 aliphatic heterocycles. The maximum Gasteiger partial charge on any atom is 0.232 e. The predicted molar refractivity (Wildman–Crippen MR) is 59.4 cm³/mol. The number of anilines is 2. The smallest absolute Gasteiger partial charge is 0.232 e. The standard InChI is InChI=1S/C11H13N3O2/c1-14-9-6-16-5-7(9)11(15)13-8-3-2-4-12-10(8)14/h2-4,7,9H,5-6H2,1H3,(H,13,15). The van der Waals surface area contributed by atoms with E-state index in [9.17, 15) is 4.79 Å². The second kappa shape index (κ2) is 3.45. The molecule has 0 saturated carbocycles. The Morgan fingerprint density at radius 2 is 2.44 bits per heavy atom. The van der Waals surface area contributed by atoms with Crippen molar-refractivity contribution in [2.45, 2.75) is 6.04 Å². The molecule has 3 heterocycles. The van der Waals surface area contributed by atoms with E-state index in [1.165, 1.54) is 0 Å². The van der Waals surface area contributed by atoms with Crippen molar-refractivity contribution in [2.24, 2.45) is 5.92 Å².